The van der Waals surface area contributed by atoms with Gasteiger partial charge in [-0.15, -0.1) is 11.3 Å². The molecular formula is C14H16N2O3S. The highest BCUT2D eigenvalue weighted by atomic mass is 32.1. The number of carboxylic acids is 1. The van der Waals surface area contributed by atoms with E-state index >= 15 is 0 Å². The van der Waals surface area contributed by atoms with Crippen LogP contribution in [-0.4, -0.2) is 22.0 Å². The maximum Gasteiger partial charge on any atom is 0.337 e. The van der Waals surface area contributed by atoms with Crippen molar-refractivity contribution in [2.45, 2.75) is 26.2 Å². The maximum atomic E-state index is 11.4. The Balaban J connectivity index is 1.80. The molecule has 106 valence electrons. The van der Waals surface area contributed by atoms with Crippen LogP contribution in [0.3, 0.4) is 0 Å². The number of rotatable bonds is 4. The summed E-state index contributed by atoms with van der Waals surface area (Å²) in [5, 5.41) is 14.1. The fourth-order valence-electron chi connectivity index (χ4n) is 3.19. The number of carboxylic acid groups (broad SMARTS) is 1. The average molecular weight is 292 g/mol. The largest absolute Gasteiger partial charge is 0.478 e. The first-order chi connectivity index (χ1) is 9.56. The summed E-state index contributed by atoms with van der Waals surface area (Å²) in [6, 6.07) is 0. The van der Waals surface area contributed by atoms with Gasteiger partial charge in [0, 0.05) is 12.3 Å². The molecule has 0 bridgehead atoms. The molecule has 1 aromatic rings. The van der Waals surface area contributed by atoms with Crippen LogP contribution in [-0.2, 0) is 9.59 Å². The molecule has 2 N–H and O–H groups in total. The van der Waals surface area contributed by atoms with Crippen LogP contribution in [0.5, 0.6) is 0 Å². The molecule has 20 heavy (non-hydrogen) atoms. The fraction of sp³-hybridized carbons (Fsp3) is 0.500. The topological polar surface area (TPSA) is 79.3 Å². The van der Waals surface area contributed by atoms with Gasteiger partial charge in [0.05, 0.1) is 11.3 Å². The Morgan fingerprint density at radius 2 is 2.15 bits per heavy atom. The van der Waals surface area contributed by atoms with Gasteiger partial charge in [-0.1, -0.05) is 12.5 Å². The lowest BCUT2D eigenvalue weighted by Crippen LogP contribution is -2.06. The first-order valence-electron chi connectivity index (χ1n) is 6.75. The quantitative estimate of drug-likeness (QED) is 0.836. The van der Waals surface area contributed by atoms with Gasteiger partial charge in [-0.2, -0.15) is 0 Å². The highest BCUT2D eigenvalue weighted by molar-refractivity contribution is 7.14. The highest BCUT2D eigenvalue weighted by Gasteiger charge is 2.51. The Hall–Kier alpha value is -1.69. The number of fused-ring (bicyclic) bond motifs is 1. The molecule has 5 nitrogen and oxygen atoms in total. The van der Waals surface area contributed by atoms with Crippen LogP contribution in [0.4, 0.5) is 5.13 Å². The van der Waals surface area contributed by atoms with E-state index in [1.807, 2.05) is 6.08 Å². The van der Waals surface area contributed by atoms with Gasteiger partial charge < -0.3 is 10.4 Å². The van der Waals surface area contributed by atoms with Crippen molar-refractivity contribution in [1.82, 2.24) is 4.98 Å². The summed E-state index contributed by atoms with van der Waals surface area (Å²) >= 11 is 1.25. The van der Waals surface area contributed by atoms with E-state index < -0.39 is 5.97 Å². The number of nitrogens with zero attached hydrogens (tertiary/aromatic N) is 1. The number of aliphatic carboxylic acids is 1. The lowest BCUT2D eigenvalue weighted by Gasteiger charge is -2.01. The number of aromatic nitrogens is 1. The zero-order valence-electron chi connectivity index (χ0n) is 11.1. The minimum Gasteiger partial charge on any atom is -0.478 e. The van der Waals surface area contributed by atoms with Crippen molar-refractivity contribution in [1.29, 1.82) is 0 Å². The molecule has 2 aliphatic rings. The van der Waals surface area contributed by atoms with E-state index in [2.05, 4.69) is 10.3 Å². The van der Waals surface area contributed by atoms with Crippen LogP contribution in [0.1, 0.15) is 31.9 Å². The second kappa shape index (κ2) is 5.01. The Morgan fingerprint density at radius 1 is 1.45 bits per heavy atom. The molecule has 0 aromatic carbocycles. The number of anilines is 1. The second-order valence-electron chi connectivity index (χ2n) is 5.44. The van der Waals surface area contributed by atoms with Gasteiger partial charge >= 0.3 is 5.97 Å². The summed E-state index contributed by atoms with van der Waals surface area (Å²) in [7, 11) is 0. The molecule has 0 spiro atoms. The van der Waals surface area contributed by atoms with Crippen molar-refractivity contribution in [2.24, 2.45) is 17.8 Å². The van der Waals surface area contributed by atoms with E-state index in [1.165, 1.54) is 37.5 Å². The van der Waals surface area contributed by atoms with E-state index in [0.717, 1.165) is 0 Å². The van der Waals surface area contributed by atoms with Crippen molar-refractivity contribution >= 4 is 33.9 Å². The number of nitrogens with one attached hydrogen (secondary N) is 1. The van der Waals surface area contributed by atoms with Gasteiger partial charge in [-0.3, -0.25) is 4.79 Å². The lowest BCUT2D eigenvalue weighted by molar-refractivity contribution is -0.130. The third-order valence-corrected chi connectivity index (χ3v) is 4.88. The van der Waals surface area contributed by atoms with Crippen molar-refractivity contribution in [3.05, 3.63) is 17.2 Å². The maximum absolute atomic E-state index is 11.4. The van der Waals surface area contributed by atoms with Gasteiger partial charge in [0.1, 0.15) is 0 Å². The molecule has 0 radical (unpaired) electrons. The highest BCUT2D eigenvalue weighted by Crippen LogP contribution is 2.58. The Morgan fingerprint density at radius 3 is 2.75 bits per heavy atom. The summed E-state index contributed by atoms with van der Waals surface area (Å²) in [4.78, 5) is 26.6. The summed E-state index contributed by atoms with van der Waals surface area (Å²) in [6.45, 7) is 1.40. The molecule has 2 atom stereocenters. The van der Waals surface area contributed by atoms with E-state index in [1.54, 1.807) is 5.38 Å². The molecule has 3 rings (SSSR count). The second-order valence-corrected chi connectivity index (χ2v) is 6.30. The number of carbonyl (C=O) groups is 2. The number of hydrogen-bond acceptors (Lipinski definition) is 4. The molecule has 2 unspecified atom stereocenters. The first kappa shape index (κ1) is 13.3. The van der Waals surface area contributed by atoms with Crippen molar-refractivity contribution in [3.63, 3.8) is 0 Å². The van der Waals surface area contributed by atoms with E-state index in [0.29, 0.717) is 28.6 Å². The van der Waals surface area contributed by atoms with Crippen LogP contribution < -0.4 is 5.32 Å². The molecule has 1 aromatic heterocycles. The van der Waals surface area contributed by atoms with Crippen molar-refractivity contribution in [3.8, 4) is 0 Å². The SMILES string of the molecule is CC(=O)Nc1nc(/C(=C\C2C3CCCC23)C(=O)O)cs1. The fourth-order valence-corrected chi connectivity index (χ4v) is 3.94. The van der Waals surface area contributed by atoms with E-state index in [4.69, 9.17) is 0 Å². The molecule has 0 aliphatic heterocycles. The monoisotopic (exact) mass is 292 g/mol. The Labute approximate surface area is 120 Å². The van der Waals surface area contributed by atoms with Crippen LogP contribution in [0.2, 0.25) is 0 Å². The molecule has 0 saturated heterocycles. The summed E-state index contributed by atoms with van der Waals surface area (Å²) in [6.07, 6.45) is 5.56. The molecular weight excluding hydrogens is 276 g/mol. The third kappa shape index (κ3) is 2.47. The molecule has 2 saturated carbocycles. The van der Waals surface area contributed by atoms with Crippen LogP contribution in [0.25, 0.3) is 5.57 Å². The predicted molar refractivity (Wildman–Crippen MR) is 76.4 cm³/mol. The molecule has 6 heteroatoms. The summed E-state index contributed by atoms with van der Waals surface area (Å²) in [5.74, 6) is 0.606. The average Bonchev–Trinajstić information content (AvgIpc) is 2.79. The predicted octanol–water partition coefficient (Wildman–Crippen LogP) is 2.62. The number of amides is 1. The zero-order valence-corrected chi connectivity index (χ0v) is 11.9. The van der Waals surface area contributed by atoms with Crippen LogP contribution >= 0.6 is 11.3 Å². The normalized spacial score (nSPS) is 28.1. The number of hydrogen-bond donors (Lipinski definition) is 2. The van der Waals surface area contributed by atoms with E-state index in [9.17, 15) is 14.7 Å². The molecule has 1 heterocycles. The van der Waals surface area contributed by atoms with Crippen LogP contribution in [0, 0.1) is 17.8 Å². The van der Waals surface area contributed by atoms with Gasteiger partial charge in [-0.25, -0.2) is 9.78 Å². The standard InChI is InChI=1S/C14H16N2O3S/c1-7(17)15-14-16-12(6-20-14)11(13(18)19)5-10-8-3-2-4-9(8)10/h5-6,8-10H,2-4H2,1H3,(H,18,19)(H,15,16,17)/b11-5+. The number of carbonyl (C=O) groups excluding carboxylic acids is 1. The van der Waals surface area contributed by atoms with E-state index in [-0.39, 0.29) is 11.5 Å². The molecule has 2 fully saturated rings. The number of thiazole rings is 1. The smallest absolute Gasteiger partial charge is 0.337 e. The van der Waals surface area contributed by atoms with Gasteiger partial charge in [-0.05, 0) is 30.6 Å². The molecule has 1 amide bonds. The minimum atomic E-state index is -0.949. The number of allylic oxidation sites excluding steroid dienone is 1. The summed E-state index contributed by atoms with van der Waals surface area (Å²) in [5.41, 5.74) is 0.702. The minimum absolute atomic E-state index is 0.205. The molecule has 2 aliphatic carbocycles. The first-order valence-corrected chi connectivity index (χ1v) is 7.63. The van der Waals surface area contributed by atoms with Gasteiger partial charge in [0.15, 0.2) is 5.13 Å². The third-order valence-electron chi connectivity index (χ3n) is 4.13. The lowest BCUT2D eigenvalue weighted by atomic mass is 10.1. The Bertz CT molecular complexity index is 583. The van der Waals surface area contributed by atoms with Gasteiger partial charge in [0.25, 0.3) is 0 Å². The zero-order chi connectivity index (χ0) is 14.3. The Kier molecular flexibility index (Phi) is 3.33. The van der Waals surface area contributed by atoms with Crippen molar-refractivity contribution < 1.29 is 14.7 Å². The summed E-state index contributed by atoms with van der Waals surface area (Å²) < 4.78 is 0. The van der Waals surface area contributed by atoms with Gasteiger partial charge in [0.2, 0.25) is 5.91 Å². The van der Waals surface area contributed by atoms with Crippen molar-refractivity contribution in [2.75, 3.05) is 5.32 Å². The van der Waals surface area contributed by atoms with Crippen LogP contribution in [0.15, 0.2) is 11.5 Å².